The van der Waals surface area contributed by atoms with E-state index >= 15 is 0 Å². The van der Waals surface area contributed by atoms with Crippen molar-refractivity contribution >= 4 is 23.2 Å². The summed E-state index contributed by atoms with van der Waals surface area (Å²) in [6.07, 6.45) is 0. The molecule has 0 aliphatic heterocycles. The van der Waals surface area contributed by atoms with Gasteiger partial charge in [0.2, 0.25) is 0 Å². The van der Waals surface area contributed by atoms with Gasteiger partial charge in [-0.3, -0.25) is 0 Å². The molecular formula is C14H11Cl2FN2. The lowest BCUT2D eigenvalue weighted by Gasteiger charge is -2.03. The maximum Gasteiger partial charge on any atom is 0.141 e. The van der Waals surface area contributed by atoms with Crippen LogP contribution in [0.1, 0.15) is 19.4 Å². The van der Waals surface area contributed by atoms with E-state index in [1.165, 1.54) is 24.3 Å². The summed E-state index contributed by atoms with van der Waals surface area (Å²) in [5.74, 6) is -0.502. The second-order valence-corrected chi connectivity index (χ2v) is 4.10. The summed E-state index contributed by atoms with van der Waals surface area (Å²) < 4.78 is 13.0. The van der Waals surface area contributed by atoms with Gasteiger partial charge in [-0.05, 0) is 30.3 Å². The Labute approximate surface area is 121 Å². The number of pyridine rings is 1. The number of nitrogens with zero attached hydrogens (tertiary/aromatic N) is 2. The maximum absolute atomic E-state index is 13.0. The Kier molecular flexibility index (Phi) is 5.75. The molecule has 2 nitrogen and oxygen atoms in total. The minimum Gasteiger partial charge on any atom is -0.236 e. The number of hydrogen-bond acceptors (Lipinski definition) is 2. The quantitative estimate of drug-likeness (QED) is 0.687. The zero-order valence-corrected chi connectivity index (χ0v) is 11.9. The highest BCUT2D eigenvalue weighted by Gasteiger charge is 2.06. The lowest BCUT2D eigenvalue weighted by Crippen LogP contribution is -1.88. The van der Waals surface area contributed by atoms with E-state index in [1.807, 2.05) is 19.9 Å². The van der Waals surface area contributed by atoms with Gasteiger partial charge in [0.1, 0.15) is 11.0 Å². The average Bonchev–Trinajstić information content (AvgIpc) is 2.43. The molecule has 0 bridgehead atoms. The van der Waals surface area contributed by atoms with Crippen molar-refractivity contribution in [2.24, 2.45) is 0 Å². The largest absolute Gasteiger partial charge is 0.236 e. The van der Waals surface area contributed by atoms with Gasteiger partial charge in [0.05, 0.1) is 22.3 Å². The van der Waals surface area contributed by atoms with E-state index < -0.39 is 5.82 Å². The standard InChI is InChI=1S/C12H5Cl2FN2.C2H6/c13-9-5-8(1-2-10(9)15)11-3-7(6-16)4-12(14)17-11;1-2/h1-5H;1-2H3. The summed E-state index contributed by atoms with van der Waals surface area (Å²) in [6.45, 7) is 4.00. The minimum absolute atomic E-state index is 0.00258. The van der Waals surface area contributed by atoms with Crippen molar-refractivity contribution in [3.05, 3.63) is 51.9 Å². The molecular weight excluding hydrogens is 286 g/mol. The second kappa shape index (κ2) is 7.08. The molecule has 2 aromatic rings. The number of aromatic nitrogens is 1. The van der Waals surface area contributed by atoms with Crippen molar-refractivity contribution in [3.8, 4) is 17.3 Å². The van der Waals surface area contributed by atoms with E-state index in [0.717, 1.165) is 0 Å². The summed E-state index contributed by atoms with van der Waals surface area (Å²) in [5, 5.41) is 9.02. The summed E-state index contributed by atoms with van der Waals surface area (Å²) >= 11 is 11.5. The van der Waals surface area contributed by atoms with Crippen LogP contribution in [-0.2, 0) is 0 Å². The number of halogens is 3. The Morgan fingerprint density at radius 2 is 1.84 bits per heavy atom. The van der Waals surface area contributed by atoms with Crippen molar-refractivity contribution in [1.82, 2.24) is 4.98 Å². The molecule has 0 saturated heterocycles. The highest BCUT2D eigenvalue weighted by molar-refractivity contribution is 6.31. The molecule has 0 saturated carbocycles. The summed E-state index contributed by atoms with van der Waals surface area (Å²) in [6, 6.07) is 9.20. The first kappa shape index (κ1) is 15.4. The van der Waals surface area contributed by atoms with Crippen molar-refractivity contribution < 1.29 is 4.39 Å². The topological polar surface area (TPSA) is 36.7 Å². The summed E-state index contributed by atoms with van der Waals surface area (Å²) in [4.78, 5) is 4.06. The molecule has 1 aromatic carbocycles. The maximum atomic E-state index is 13.0. The fraction of sp³-hybridized carbons (Fsp3) is 0.143. The van der Waals surface area contributed by atoms with Crippen LogP contribution in [-0.4, -0.2) is 4.98 Å². The third-order valence-electron chi connectivity index (χ3n) is 2.14. The first-order chi connectivity index (χ1) is 9.10. The zero-order valence-electron chi connectivity index (χ0n) is 10.4. The highest BCUT2D eigenvalue weighted by atomic mass is 35.5. The number of nitriles is 1. The number of hydrogen-bond donors (Lipinski definition) is 0. The molecule has 0 spiro atoms. The van der Waals surface area contributed by atoms with Gasteiger partial charge < -0.3 is 0 Å². The molecule has 1 heterocycles. The number of rotatable bonds is 1. The van der Waals surface area contributed by atoms with Crippen LogP contribution in [0, 0.1) is 17.1 Å². The summed E-state index contributed by atoms with van der Waals surface area (Å²) in [5.41, 5.74) is 1.48. The Hall–Kier alpha value is -1.63. The Bertz CT molecular complexity index is 621. The van der Waals surface area contributed by atoms with Gasteiger partial charge in [-0.2, -0.15) is 5.26 Å². The van der Waals surface area contributed by atoms with Gasteiger partial charge in [-0.15, -0.1) is 0 Å². The van der Waals surface area contributed by atoms with Gasteiger partial charge in [-0.25, -0.2) is 9.37 Å². The van der Waals surface area contributed by atoms with Crippen LogP contribution in [0.3, 0.4) is 0 Å². The Balaban J connectivity index is 0.000000861. The van der Waals surface area contributed by atoms with E-state index in [1.54, 1.807) is 6.07 Å². The molecule has 19 heavy (non-hydrogen) atoms. The molecule has 0 amide bonds. The molecule has 0 aliphatic carbocycles. The first-order valence-electron chi connectivity index (χ1n) is 5.63. The molecule has 2 rings (SSSR count). The number of benzene rings is 1. The van der Waals surface area contributed by atoms with E-state index in [4.69, 9.17) is 28.5 Å². The molecule has 0 fully saturated rings. The van der Waals surface area contributed by atoms with E-state index in [2.05, 4.69) is 4.98 Å². The second-order valence-electron chi connectivity index (χ2n) is 3.30. The normalized spacial score (nSPS) is 9.26. The molecule has 0 unspecified atom stereocenters. The summed E-state index contributed by atoms with van der Waals surface area (Å²) in [7, 11) is 0. The van der Waals surface area contributed by atoms with Crippen LogP contribution in [0.15, 0.2) is 30.3 Å². The predicted octanol–water partition coefficient (Wildman–Crippen LogP) is 5.09. The van der Waals surface area contributed by atoms with Crippen molar-refractivity contribution in [2.75, 3.05) is 0 Å². The van der Waals surface area contributed by atoms with Gasteiger partial charge in [0, 0.05) is 5.56 Å². The fourth-order valence-electron chi connectivity index (χ4n) is 1.36. The molecule has 98 valence electrons. The Morgan fingerprint density at radius 1 is 1.16 bits per heavy atom. The third-order valence-corrected chi connectivity index (χ3v) is 2.62. The Morgan fingerprint density at radius 3 is 2.42 bits per heavy atom. The fourth-order valence-corrected chi connectivity index (χ4v) is 1.75. The van der Waals surface area contributed by atoms with Crippen molar-refractivity contribution in [3.63, 3.8) is 0 Å². The highest BCUT2D eigenvalue weighted by Crippen LogP contribution is 2.25. The third kappa shape index (κ3) is 3.92. The van der Waals surface area contributed by atoms with Crippen LogP contribution in [0.4, 0.5) is 4.39 Å². The van der Waals surface area contributed by atoms with Crippen molar-refractivity contribution in [2.45, 2.75) is 13.8 Å². The smallest absolute Gasteiger partial charge is 0.141 e. The molecule has 0 atom stereocenters. The van der Waals surface area contributed by atoms with Crippen LogP contribution in [0.25, 0.3) is 11.3 Å². The zero-order chi connectivity index (χ0) is 14.4. The minimum atomic E-state index is -0.502. The van der Waals surface area contributed by atoms with E-state index in [0.29, 0.717) is 16.8 Å². The van der Waals surface area contributed by atoms with Gasteiger partial charge in [-0.1, -0.05) is 37.0 Å². The van der Waals surface area contributed by atoms with Gasteiger partial charge in [0.25, 0.3) is 0 Å². The lowest BCUT2D eigenvalue weighted by molar-refractivity contribution is 0.628. The van der Waals surface area contributed by atoms with Gasteiger partial charge >= 0.3 is 0 Å². The SMILES string of the molecule is CC.N#Cc1cc(Cl)nc(-c2ccc(F)c(Cl)c2)c1. The van der Waals surface area contributed by atoms with Crippen LogP contribution in [0.2, 0.25) is 10.2 Å². The van der Waals surface area contributed by atoms with Crippen LogP contribution < -0.4 is 0 Å². The molecule has 0 radical (unpaired) electrons. The molecule has 0 aliphatic rings. The van der Waals surface area contributed by atoms with Crippen molar-refractivity contribution in [1.29, 1.82) is 5.26 Å². The van der Waals surface area contributed by atoms with Crippen LogP contribution >= 0.6 is 23.2 Å². The average molecular weight is 297 g/mol. The first-order valence-corrected chi connectivity index (χ1v) is 6.39. The predicted molar refractivity (Wildman–Crippen MR) is 75.7 cm³/mol. The van der Waals surface area contributed by atoms with Crippen LogP contribution in [0.5, 0.6) is 0 Å². The van der Waals surface area contributed by atoms with E-state index in [-0.39, 0.29) is 10.2 Å². The lowest BCUT2D eigenvalue weighted by atomic mass is 10.1. The molecule has 1 aromatic heterocycles. The van der Waals surface area contributed by atoms with E-state index in [9.17, 15) is 4.39 Å². The molecule has 5 heteroatoms. The monoisotopic (exact) mass is 296 g/mol. The molecule has 0 N–H and O–H groups in total. The van der Waals surface area contributed by atoms with Gasteiger partial charge in [0.15, 0.2) is 0 Å².